The highest BCUT2D eigenvalue weighted by Crippen LogP contribution is 2.27. The number of carbonyl (C=O) groups is 2. The van der Waals surface area contributed by atoms with Gasteiger partial charge in [0.1, 0.15) is 12.1 Å². The van der Waals surface area contributed by atoms with E-state index in [4.69, 9.17) is 11.6 Å². The third-order valence-corrected chi connectivity index (χ3v) is 5.02. The molecule has 1 aromatic heterocycles. The number of thioether (sulfide) groups is 1. The lowest BCUT2D eigenvalue weighted by atomic mass is 10.3. The second kappa shape index (κ2) is 7.37. The molecule has 136 valence electrons. The molecule has 27 heavy (non-hydrogen) atoms. The molecule has 0 aliphatic carbocycles. The van der Waals surface area contributed by atoms with Gasteiger partial charge in [-0.15, -0.1) is 10.2 Å². The summed E-state index contributed by atoms with van der Waals surface area (Å²) in [6.45, 7) is -0.0309. The summed E-state index contributed by atoms with van der Waals surface area (Å²) in [7, 11) is 0. The summed E-state index contributed by atoms with van der Waals surface area (Å²) in [5.41, 5.74) is 4.59. The Morgan fingerprint density at radius 1 is 1.22 bits per heavy atom. The molecule has 0 bridgehead atoms. The molecular weight excluding hydrogens is 388 g/mol. The van der Waals surface area contributed by atoms with E-state index in [2.05, 4.69) is 20.8 Å². The number of amides is 2. The van der Waals surface area contributed by atoms with Gasteiger partial charge in [0, 0.05) is 5.02 Å². The Morgan fingerprint density at radius 2 is 2.00 bits per heavy atom. The van der Waals surface area contributed by atoms with Crippen LogP contribution in [0.4, 0.5) is 5.69 Å². The predicted molar refractivity (Wildman–Crippen MR) is 105 cm³/mol. The van der Waals surface area contributed by atoms with Crippen LogP contribution in [0.2, 0.25) is 5.02 Å². The molecule has 1 aliphatic heterocycles. The van der Waals surface area contributed by atoms with E-state index in [-0.39, 0.29) is 24.1 Å². The van der Waals surface area contributed by atoms with Crippen molar-refractivity contribution in [2.75, 3.05) is 10.7 Å². The highest BCUT2D eigenvalue weighted by Gasteiger charge is 2.30. The van der Waals surface area contributed by atoms with Gasteiger partial charge in [0.05, 0.1) is 17.0 Å². The van der Waals surface area contributed by atoms with Crippen molar-refractivity contribution in [3.05, 3.63) is 53.6 Å². The number of hydrogen-bond donors (Lipinski definition) is 1. The van der Waals surface area contributed by atoms with Crippen LogP contribution < -0.4 is 10.3 Å². The second-order valence-electron chi connectivity index (χ2n) is 5.66. The van der Waals surface area contributed by atoms with Gasteiger partial charge in [-0.05, 0) is 36.4 Å². The van der Waals surface area contributed by atoms with Crippen molar-refractivity contribution in [3.8, 4) is 0 Å². The number of aromatic nitrogens is 3. The van der Waals surface area contributed by atoms with Gasteiger partial charge in [-0.25, -0.2) is 10.1 Å². The van der Waals surface area contributed by atoms with Gasteiger partial charge >= 0.3 is 0 Å². The summed E-state index contributed by atoms with van der Waals surface area (Å²) in [4.78, 5) is 25.9. The number of anilines is 1. The number of nitrogens with zero attached hydrogens (tertiary/aromatic N) is 5. The van der Waals surface area contributed by atoms with Crippen molar-refractivity contribution in [3.63, 3.8) is 0 Å². The number of hydrogen-bond acceptors (Lipinski definition) is 6. The van der Waals surface area contributed by atoms with E-state index >= 15 is 0 Å². The lowest BCUT2D eigenvalue weighted by Gasteiger charge is -2.15. The van der Waals surface area contributed by atoms with Gasteiger partial charge < -0.3 is 0 Å². The normalized spacial score (nSPS) is 15.7. The largest absolute Gasteiger partial charge is 0.273 e. The first-order chi connectivity index (χ1) is 13.1. The molecule has 0 atom stereocenters. The quantitative estimate of drug-likeness (QED) is 0.678. The lowest BCUT2D eigenvalue weighted by molar-refractivity contribution is -0.121. The molecule has 0 saturated carbocycles. The number of halogens is 1. The summed E-state index contributed by atoms with van der Waals surface area (Å²) < 4.78 is 1.49. The third-order valence-electron chi connectivity index (χ3n) is 3.84. The van der Waals surface area contributed by atoms with Crippen molar-refractivity contribution in [2.24, 2.45) is 5.10 Å². The van der Waals surface area contributed by atoms with Gasteiger partial charge in [-0.2, -0.15) is 0 Å². The maximum atomic E-state index is 12.2. The van der Waals surface area contributed by atoms with Crippen molar-refractivity contribution < 1.29 is 9.59 Å². The van der Waals surface area contributed by atoms with Gasteiger partial charge in [0.25, 0.3) is 5.91 Å². The van der Waals surface area contributed by atoms with E-state index in [1.807, 2.05) is 24.3 Å². The minimum absolute atomic E-state index is 0.0309. The summed E-state index contributed by atoms with van der Waals surface area (Å²) in [6, 6.07) is 14.2. The maximum Gasteiger partial charge on any atom is 0.261 e. The Kier molecular flexibility index (Phi) is 4.78. The fourth-order valence-electron chi connectivity index (χ4n) is 2.60. The molecule has 10 heteroatoms. The fraction of sp³-hybridized carbons (Fsp3) is 0.118. The van der Waals surface area contributed by atoms with Crippen molar-refractivity contribution in [2.45, 2.75) is 6.54 Å². The van der Waals surface area contributed by atoms with E-state index < -0.39 is 0 Å². The smallest absolute Gasteiger partial charge is 0.261 e. The van der Waals surface area contributed by atoms with Crippen LogP contribution in [0.1, 0.15) is 0 Å². The van der Waals surface area contributed by atoms with Crippen LogP contribution in [-0.4, -0.2) is 37.7 Å². The Balaban J connectivity index is 1.48. The number of fused-ring (bicyclic) bond motifs is 1. The van der Waals surface area contributed by atoms with Gasteiger partial charge in [0.15, 0.2) is 5.17 Å². The minimum Gasteiger partial charge on any atom is -0.273 e. The summed E-state index contributed by atoms with van der Waals surface area (Å²) in [6.07, 6.45) is 0. The average molecular weight is 401 g/mol. The summed E-state index contributed by atoms with van der Waals surface area (Å²) in [5, 5.41) is 13.1. The molecule has 1 aliphatic rings. The summed E-state index contributed by atoms with van der Waals surface area (Å²) in [5.74, 6) is -0.225. The highest BCUT2D eigenvalue weighted by atomic mass is 35.5. The van der Waals surface area contributed by atoms with E-state index in [0.29, 0.717) is 21.4 Å². The van der Waals surface area contributed by atoms with Crippen LogP contribution in [0, 0.1) is 0 Å². The number of carbonyl (C=O) groups excluding carboxylic acids is 2. The van der Waals surface area contributed by atoms with E-state index in [0.717, 1.165) is 5.52 Å². The Hall–Kier alpha value is -2.91. The Morgan fingerprint density at radius 3 is 2.81 bits per heavy atom. The minimum atomic E-state index is -0.367. The molecule has 3 aromatic rings. The molecule has 2 aromatic carbocycles. The molecule has 1 fully saturated rings. The molecular formula is C17H13ClN6O2S. The van der Waals surface area contributed by atoms with Gasteiger partial charge in [-0.3, -0.25) is 14.5 Å². The van der Waals surface area contributed by atoms with E-state index in [1.165, 1.54) is 21.3 Å². The molecule has 2 amide bonds. The molecule has 0 spiro atoms. The average Bonchev–Trinajstić information content (AvgIpc) is 3.25. The first-order valence-electron chi connectivity index (χ1n) is 7.98. The number of para-hydroxylation sites is 1. The monoisotopic (exact) mass is 400 g/mol. The molecule has 8 nitrogen and oxygen atoms in total. The molecule has 0 radical (unpaired) electrons. The van der Waals surface area contributed by atoms with Crippen LogP contribution in [-0.2, 0) is 16.1 Å². The van der Waals surface area contributed by atoms with E-state index in [1.54, 1.807) is 24.3 Å². The maximum absolute atomic E-state index is 12.2. The first-order valence-corrected chi connectivity index (χ1v) is 9.34. The fourth-order valence-corrected chi connectivity index (χ4v) is 3.56. The van der Waals surface area contributed by atoms with Crippen LogP contribution in [0.3, 0.4) is 0 Å². The molecule has 1 saturated heterocycles. The van der Waals surface area contributed by atoms with Crippen molar-refractivity contribution >= 4 is 57.1 Å². The zero-order valence-corrected chi connectivity index (χ0v) is 15.4. The zero-order valence-electron chi connectivity index (χ0n) is 13.9. The standard InChI is InChI=1S/C17H13ClN6O2S/c18-11-5-7-12(8-6-11)24-16(26)10-27-17(24)21-20-15(25)9-23-14-4-2-1-3-13(14)19-22-23/h1-8H,9-10H2,(H,20,25)/b21-17-. The Bertz CT molecular complexity index is 1050. The van der Waals surface area contributed by atoms with Crippen LogP contribution in [0.15, 0.2) is 53.6 Å². The SMILES string of the molecule is O=C(Cn1nnc2ccccc21)N/N=C1\SCC(=O)N1c1ccc(Cl)cc1. The Labute approximate surface area is 163 Å². The molecule has 4 rings (SSSR count). The van der Waals surface area contributed by atoms with E-state index in [9.17, 15) is 9.59 Å². The lowest BCUT2D eigenvalue weighted by Crippen LogP contribution is -2.32. The van der Waals surface area contributed by atoms with Gasteiger partial charge in [0.2, 0.25) is 5.91 Å². The predicted octanol–water partition coefficient (Wildman–Crippen LogP) is 2.25. The third kappa shape index (κ3) is 3.64. The van der Waals surface area contributed by atoms with Gasteiger partial charge in [-0.1, -0.05) is 40.7 Å². The number of rotatable bonds is 4. The van der Waals surface area contributed by atoms with Crippen LogP contribution in [0.5, 0.6) is 0 Å². The van der Waals surface area contributed by atoms with Crippen LogP contribution in [0.25, 0.3) is 11.0 Å². The number of nitrogens with one attached hydrogen (secondary N) is 1. The molecule has 2 heterocycles. The zero-order chi connectivity index (χ0) is 18.8. The molecule has 0 unspecified atom stereocenters. The van der Waals surface area contributed by atoms with Crippen molar-refractivity contribution in [1.82, 2.24) is 20.4 Å². The highest BCUT2D eigenvalue weighted by molar-refractivity contribution is 8.15. The number of amidine groups is 1. The summed E-state index contributed by atoms with van der Waals surface area (Å²) >= 11 is 7.15. The first kappa shape index (κ1) is 17.5. The number of hydrazone groups is 1. The van der Waals surface area contributed by atoms with Crippen LogP contribution >= 0.6 is 23.4 Å². The van der Waals surface area contributed by atoms with Crippen molar-refractivity contribution in [1.29, 1.82) is 0 Å². The number of benzene rings is 2. The second-order valence-corrected chi connectivity index (χ2v) is 7.04. The topological polar surface area (TPSA) is 92.5 Å². The molecule has 1 N–H and O–H groups in total.